The molecule has 0 aromatic heterocycles. The smallest absolute Gasteiger partial charge is 0.364 e. The van der Waals surface area contributed by atoms with Crippen LogP contribution in [-0.4, -0.2) is 41.5 Å². The molecule has 4 atom stereocenters. The predicted molar refractivity (Wildman–Crippen MR) is 101 cm³/mol. The highest BCUT2D eigenvalue weighted by Gasteiger charge is 2.42. The Balaban J connectivity index is 1.69. The highest BCUT2D eigenvalue weighted by atomic mass is 16.5. The number of aliphatic carboxylic acids is 1. The van der Waals surface area contributed by atoms with Gasteiger partial charge < -0.3 is 9.84 Å². The van der Waals surface area contributed by atoms with Crippen LogP contribution in [-0.2, 0) is 14.3 Å². The highest BCUT2D eigenvalue weighted by molar-refractivity contribution is 6.09. The zero-order valence-electron chi connectivity index (χ0n) is 15.5. The number of hydrogen-bond donors (Lipinski definition) is 3. The van der Waals surface area contributed by atoms with Crippen molar-refractivity contribution in [3.63, 3.8) is 0 Å². The van der Waals surface area contributed by atoms with E-state index in [-0.39, 0.29) is 18.7 Å². The summed E-state index contributed by atoms with van der Waals surface area (Å²) in [6.07, 6.45) is -0.350. The molecule has 7 nitrogen and oxygen atoms in total. The fourth-order valence-electron chi connectivity index (χ4n) is 3.36. The zero-order valence-corrected chi connectivity index (χ0v) is 15.5. The molecular formula is C21H23N2O5+. The number of carbonyl (C=O) groups excluding carboxylic acids is 2. The summed E-state index contributed by atoms with van der Waals surface area (Å²) in [5, 5.41) is 9.45. The Bertz CT molecular complexity index is 883. The standard InChI is InChI=1S/C21H22N2O5/c1-13(21(27)28-17-11-18(20(25)26)23(22)12-17)15-8-5-9-16(10-15)19(24)14-6-3-2-4-7-14/h2-10,13,17-18H,11-12,22H2,1H3,(H,25,26)/p+1/t13-,17+,18-/m0/s1. The number of esters is 1. The molecule has 1 heterocycles. The Kier molecular flexibility index (Phi) is 5.87. The Hall–Kier alpha value is -3.03. The van der Waals surface area contributed by atoms with E-state index >= 15 is 0 Å². The molecule has 0 bridgehead atoms. The minimum Gasteiger partial charge on any atom is -0.477 e. The molecule has 1 unspecified atom stereocenters. The fraction of sp³-hybridized carbons (Fsp3) is 0.286. The fourth-order valence-corrected chi connectivity index (χ4v) is 3.36. The molecule has 0 saturated carbocycles. The maximum Gasteiger partial charge on any atom is 0.364 e. The van der Waals surface area contributed by atoms with Gasteiger partial charge in [-0.15, -0.1) is 0 Å². The number of ether oxygens (including phenoxy) is 1. The van der Waals surface area contributed by atoms with Crippen LogP contribution in [0.4, 0.5) is 0 Å². The van der Waals surface area contributed by atoms with Crippen LogP contribution in [0.15, 0.2) is 54.6 Å². The molecule has 4 N–H and O–H groups in total. The largest absolute Gasteiger partial charge is 0.477 e. The van der Waals surface area contributed by atoms with E-state index in [1.54, 1.807) is 55.5 Å². The van der Waals surface area contributed by atoms with Crippen molar-refractivity contribution in [2.24, 2.45) is 5.84 Å². The van der Waals surface area contributed by atoms with Gasteiger partial charge in [0.2, 0.25) is 6.04 Å². The first-order chi connectivity index (χ1) is 13.4. The number of nitrogens with one attached hydrogen (secondary N) is 1. The van der Waals surface area contributed by atoms with E-state index in [9.17, 15) is 14.4 Å². The van der Waals surface area contributed by atoms with E-state index in [2.05, 4.69) is 0 Å². The summed E-state index contributed by atoms with van der Waals surface area (Å²) in [6, 6.07) is 15.0. The second-order valence-corrected chi connectivity index (χ2v) is 7.01. The summed E-state index contributed by atoms with van der Waals surface area (Å²) < 4.78 is 5.48. The maximum absolute atomic E-state index is 12.6. The number of quaternary nitrogens is 1. The summed E-state index contributed by atoms with van der Waals surface area (Å²) in [5.41, 5.74) is 1.73. The molecule has 1 fully saturated rings. The molecule has 0 spiro atoms. The van der Waals surface area contributed by atoms with Crippen molar-refractivity contribution in [3.8, 4) is 0 Å². The number of carboxylic acids is 1. The van der Waals surface area contributed by atoms with E-state index in [0.717, 1.165) is 0 Å². The first-order valence-electron chi connectivity index (χ1n) is 9.11. The van der Waals surface area contributed by atoms with Gasteiger partial charge in [-0.05, 0) is 18.6 Å². The third-order valence-electron chi connectivity index (χ3n) is 5.03. The second kappa shape index (κ2) is 8.33. The van der Waals surface area contributed by atoms with Crippen molar-refractivity contribution >= 4 is 17.7 Å². The first kappa shape index (κ1) is 19.7. The highest BCUT2D eigenvalue weighted by Crippen LogP contribution is 2.21. The van der Waals surface area contributed by atoms with Crippen molar-refractivity contribution in [2.75, 3.05) is 6.54 Å². The lowest BCUT2D eigenvalue weighted by Crippen LogP contribution is -3.20. The number of benzene rings is 2. The van der Waals surface area contributed by atoms with E-state index < -0.39 is 30.0 Å². The average molecular weight is 383 g/mol. The van der Waals surface area contributed by atoms with Gasteiger partial charge in [0.15, 0.2) is 11.9 Å². The Morgan fingerprint density at radius 1 is 1.11 bits per heavy atom. The molecular weight excluding hydrogens is 360 g/mol. The van der Waals surface area contributed by atoms with Gasteiger partial charge in [0.05, 0.1) is 12.3 Å². The van der Waals surface area contributed by atoms with Gasteiger partial charge in [0.25, 0.3) is 0 Å². The number of rotatable bonds is 6. The van der Waals surface area contributed by atoms with E-state index in [1.807, 2.05) is 6.07 Å². The third-order valence-corrected chi connectivity index (χ3v) is 5.03. The van der Waals surface area contributed by atoms with Gasteiger partial charge in [-0.3, -0.25) is 9.59 Å². The van der Waals surface area contributed by atoms with E-state index in [4.69, 9.17) is 15.7 Å². The van der Waals surface area contributed by atoms with Crippen LogP contribution < -0.4 is 10.9 Å². The monoisotopic (exact) mass is 383 g/mol. The number of hydrogen-bond acceptors (Lipinski definition) is 5. The molecule has 28 heavy (non-hydrogen) atoms. The number of carbonyl (C=O) groups is 3. The zero-order chi connectivity index (χ0) is 20.3. The van der Waals surface area contributed by atoms with Crippen molar-refractivity contribution in [1.82, 2.24) is 0 Å². The molecule has 146 valence electrons. The molecule has 0 amide bonds. The third kappa shape index (κ3) is 4.27. The minimum atomic E-state index is -1.00. The quantitative estimate of drug-likeness (QED) is 0.382. The summed E-state index contributed by atoms with van der Waals surface area (Å²) >= 11 is 0. The number of carboxylic acid groups (broad SMARTS) is 1. The van der Waals surface area contributed by atoms with Crippen LogP contribution in [0.3, 0.4) is 0 Å². The lowest BCUT2D eigenvalue weighted by atomic mass is 9.96. The molecule has 0 radical (unpaired) electrons. The molecule has 3 rings (SSSR count). The normalized spacial score (nSPS) is 22.4. The van der Waals surface area contributed by atoms with Crippen LogP contribution in [0.1, 0.15) is 40.7 Å². The molecule has 1 aliphatic rings. The van der Waals surface area contributed by atoms with Crippen molar-refractivity contribution in [2.45, 2.75) is 31.4 Å². The van der Waals surface area contributed by atoms with Gasteiger partial charge in [-0.1, -0.05) is 48.5 Å². The summed E-state index contributed by atoms with van der Waals surface area (Å²) in [6.45, 7) is 1.95. The molecule has 0 aliphatic carbocycles. The lowest BCUT2D eigenvalue weighted by molar-refractivity contribution is -0.917. The Labute approximate surface area is 162 Å². The van der Waals surface area contributed by atoms with E-state index in [1.165, 1.54) is 0 Å². The summed E-state index contributed by atoms with van der Waals surface area (Å²) in [7, 11) is 0. The SMILES string of the molecule is C[C@H](C(=O)O[C@@H]1C[C@@H](C(=O)O)[NH+](N)C1)c1cccc(C(=O)c2ccccc2)c1. The first-order valence-corrected chi connectivity index (χ1v) is 9.11. The van der Waals surface area contributed by atoms with Crippen LogP contribution in [0, 0.1) is 0 Å². The van der Waals surface area contributed by atoms with Crippen LogP contribution >= 0.6 is 0 Å². The van der Waals surface area contributed by atoms with Crippen LogP contribution in [0.25, 0.3) is 0 Å². The summed E-state index contributed by atoms with van der Waals surface area (Å²) in [5.74, 6) is 3.57. The van der Waals surface area contributed by atoms with Crippen molar-refractivity contribution < 1.29 is 29.2 Å². The minimum absolute atomic E-state index is 0.120. The van der Waals surface area contributed by atoms with Crippen molar-refractivity contribution in [3.05, 3.63) is 71.3 Å². The molecule has 2 aromatic rings. The predicted octanol–water partition coefficient (Wildman–Crippen LogP) is 0.548. The molecule has 1 aliphatic heterocycles. The maximum atomic E-state index is 12.6. The van der Waals surface area contributed by atoms with Gasteiger partial charge in [-0.2, -0.15) is 5.84 Å². The second-order valence-electron chi connectivity index (χ2n) is 7.01. The Morgan fingerprint density at radius 3 is 2.43 bits per heavy atom. The van der Waals surface area contributed by atoms with Gasteiger partial charge in [0.1, 0.15) is 6.54 Å². The average Bonchev–Trinajstić information content (AvgIpc) is 3.07. The van der Waals surface area contributed by atoms with E-state index in [0.29, 0.717) is 21.7 Å². The molecule has 2 aromatic carbocycles. The Morgan fingerprint density at radius 2 is 1.79 bits per heavy atom. The van der Waals surface area contributed by atoms with Gasteiger partial charge in [0, 0.05) is 11.1 Å². The van der Waals surface area contributed by atoms with Crippen molar-refractivity contribution in [1.29, 1.82) is 0 Å². The van der Waals surface area contributed by atoms with Gasteiger partial charge in [-0.25, -0.2) is 9.80 Å². The van der Waals surface area contributed by atoms with Crippen LogP contribution in [0.5, 0.6) is 0 Å². The topological polar surface area (TPSA) is 111 Å². The molecule has 7 heteroatoms. The van der Waals surface area contributed by atoms with Crippen LogP contribution in [0.2, 0.25) is 0 Å². The summed E-state index contributed by atoms with van der Waals surface area (Å²) in [4.78, 5) is 36.3. The lowest BCUT2D eigenvalue weighted by Gasteiger charge is -2.15. The van der Waals surface area contributed by atoms with Gasteiger partial charge >= 0.3 is 11.9 Å². The number of ketones is 1. The number of nitrogens with two attached hydrogens (primary N) is 1. The molecule has 1 saturated heterocycles.